The van der Waals surface area contributed by atoms with Gasteiger partial charge in [0.15, 0.2) is 21.5 Å². The Morgan fingerprint density at radius 3 is 2.40 bits per heavy atom. The van der Waals surface area contributed by atoms with E-state index in [4.69, 9.17) is 16.3 Å². The van der Waals surface area contributed by atoms with Gasteiger partial charge in [-0.05, 0) is 56.9 Å². The quantitative estimate of drug-likeness (QED) is 0.0765. The Morgan fingerprint density at radius 1 is 1.04 bits per heavy atom. The van der Waals surface area contributed by atoms with Gasteiger partial charge in [0, 0.05) is 79.2 Å². The standard InChI is InChI=1S/C38H46ClF2N5O6S/c1-38(2,3)52-32(47)12-10-8-6-7-9-11-14-45(15-13-39)36(48)27-18-31-28(16-24(27)23-53(5,50)51)29-22-44(4)37(49)34-33(29)25(19-42-34)21-46(31)35-30(41)17-26(40)20-43-35/h16-20,22,42H,6-15,21,23H2,1-5H3. The van der Waals surface area contributed by atoms with Gasteiger partial charge >= 0.3 is 5.97 Å². The van der Waals surface area contributed by atoms with Gasteiger partial charge in [-0.15, -0.1) is 11.6 Å². The van der Waals surface area contributed by atoms with Crippen LogP contribution in [-0.2, 0) is 38.7 Å². The molecule has 0 spiro atoms. The zero-order valence-corrected chi connectivity index (χ0v) is 32.3. The van der Waals surface area contributed by atoms with Crippen molar-refractivity contribution < 1.29 is 31.5 Å². The van der Waals surface area contributed by atoms with E-state index in [1.165, 1.54) is 9.47 Å². The minimum Gasteiger partial charge on any atom is -0.460 e. The van der Waals surface area contributed by atoms with Crippen LogP contribution in [0.15, 0.2) is 41.6 Å². The summed E-state index contributed by atoms with van der Waals surface area (Å²) in [5.41, 5.74) is 1.80. The molecule has 0 bridgehead atoms. The summed E-state index contributed by atoms with van der Waals surface area (Å²) in [7, 11) is -2.07. The molecule has 1 aliphatic rings. The summed E-state index contributed by atoms with van der Waals surface area (Å²) in [4.78, 5) is 49.7. The number of nitrogens with one attached hydrogen (secondary N) is 1. The fourth-order valence-corrected chi connectivity index (χ4v) is 7.75. The van der Waals surface area contributed by atoms with Crippen molar-refractivity contribution in [1.29, 1.82) is 0 Å². The maximum atomic E-state index is 15.5. The van der Waals surface area contributed by atoms with Crippen molar-refractivity contribution in [1.82, 2.24) is 19.4 Å². The summed E-state index contributed by atoms with van der Waals surface area (Å²) in [5.74, 6) is -2.98. The zero-order chi connectivity index (χ0) is 38.7. The van der Waals surface area contributed by atoms with Crippen LogP contribution < -0.4 is 10.5 Å². The van der Waals surface area contributed by atoms with E-state index in [2.05, 4.69) is 9.97 Å². The Kier molecular flexibility index (Phi) is 12.3. The molecule has 0 unspecified atom stereocenters. The maximum absolute atomic E-state index is 15.5. The van der Waals surface area contributed by atoms with Crippen molar-refractivity contribution >= 4 is 55.7 Å². The minimum atomic E-state index is -3.66. The molecular formula is C38H46ClF2N5O6S. The molecule has 1 amide bonds. The average molecular weight is 774 g/mol. The molecule has 1 aromatic carbocycles. The van der Waals surface area contributed by atoms with Crippen LogP contribution in [0.25, 0.3) is 22.0 Å². The molecule has 0 fully saturated rings. The molecule has 0 radical (unpaired) electrons. The molecule has 4 heterocycles. The second-order valence-electron chi connectivity index (χ2n) is 14.6. The SMILES string of the molecule is Cn1cc2c3c(c[nH]c3c1=O)CN(c1ncc(F)cc1F)c1cc(C(=O)N(CCCl)CCCCCCCCC(=O)OC(C)(C)C)c(CS(C)(=O)=O)cc1-2. The number of ether oxygens (including phenoxy) is 1. The number of halogens is 3. The number of hydrogen-bond donors (Lipinski definition) is 1. The number of aryl methyl sites for hydroxylation is 1. The number of hydrogen-bond acceptors (Lipinski definition) is 8. The van der Waals surface area contributed by atoms with Gasteiger partial charge in [0.25, 0.3) is 11.5 Å². The number of aromatic amines is 1. The highest BCUT2D eigenvalue weighted by Gasteiger charge is 2.31. The summed E-state index contributed by atoms with van der Waals surface area (Å²) < 4.78 is 61.9. The molecule has 15 heteroatoms. The van der Waals surface area contributed by atoms with Crippen LogP contribution in [-0.4, -0.2) is 70.6 Å². The summed E-state index contributed by atoms with van der Waals surface area (Å²) in [6.07, 6.45) is 10.5. The topological polar surface area (TPSA) is 135 Å². The van der Waals surface area contributed by atoms with Gasteiger partial charge in [-0.1, -0.05) is 25.7 Å². The Morgan fingerprint density at radius 2 is 1.74 bits per heavy atom. The first-order valence-corrected chi connectivity index (χ1v) is 20.3. The molecule has 11 nitrogen and oxygen atoms in total. The van der Waals surface area contributed by atoms with Crippen LogP contribution in [0.2, 0.25) is 0 Å². The number of H-pyrrole nitrogens is 1. The number of carbonyl (C=O) groups is 2. The van der Waals surface area contributed by atoms with E-state index in [1.54, 1.807) is 36.5 Å². The molecule has 1 N–H and O–H groups in total. The lowest BCUT2D eigenvalue weighted by atomic mass is 9.95. The smallest absolute Gasteiger partial charge is 0.306 e. The number of unbranched alkanes of at least 4 members (excludes halogenated alkanes) is 5. The molecule has 4 aromatic rings. The van der Waals surface area contributed by atoms with E-state index in [-0.39, 0.29) is 47.4 Å². The first kappa shape index (κ1) is 39.9. The second-order valence-corrected chi connectivity index (χ2v) is 17.1. The Bertz CT molecular complexity index is 2180. The van der Waals surface area contributed by atoms with Crippen molar-refractivity contribution in [2.24, 2.45) is 7.05 Å². The maximum Gasteiger partial charge on any atom is 0.306 e. The van der Waals surface area contributed by atoms with Crippen molar-refractivity contribution in [2.45, 2.75) is 83.6 Å². The Hall–Kier alpha value is -4.30. The summed E-state index contributed by atoms with van der Waals surface area (Å²) >= 11 is 6.17. The molecule has 1 aliphatic heterocycles. The van der Waals surface area contributed by atoms with Gasteiger partial charge in [-0.25, -0.2) is 22.2 Å². The Labute approximate surface area is 313 Å². The van der Waals surface area contributed by atoms with Gasteiger partial charge in [0.05, 0.1) is 24.2 Å². The number of benzene rings is 1. The largest absolute Gasteiger partial charge is 0.460 e. The van der Waals surface area contributed by atoms with Gasteiger partial charge in [-0.3, -0.25) is 14.4 Å². The van der Waals surface area contributed by atoms with Crippen LogP contribution >= 0.6 is 11.6 Å². The number of fused-ring (bicyclic) bond motifs is 2. The summed E-state index contributed by atoms with van der Waals surface area (Å²) in [6.45, 7) is 6.10. The molecule has 5 rings (SSSR count). The van der Waals surface area contributed by atoms with Gasteiger partial charge in [-0.2, -0.15) is 0 Å². The third kappa shape index (κ3) is 9.63. The van der Waals surface area contributed by atoms with Crippen LogP contribution in [0.4, 0.5) is 20.3 Å². The number of alkyl halides is 1. The molecule has 0 saturated carbocycles. The normalized spacial score (nSPS) is 12.9. The van der Waals surface area contributed by atoms with E-state index in [9.17, 15) is 27.2 Å². The zero-order valence-electron chi connectivity index (χ0n) is 30.7. The predicted molar refractivity (Wildman–Crippen MR) is 202 cm³/mol. The van der Waals surface area contributed by atoms with Crippen LogP contribution in [0.5, 0.6) is 0 Å². The molecule has 0 aliphatic carbocycles. The van der Waals surface area contributed by atoms with Crippen LogP contribution in [0, 0.1) is 11.6 Å². The number of rotatable bonds is 15. The van der Waals surface area contributed by atoms with E-state index >= 15 is 4.39 Å². The highest BCUT2D eigenvalue weighted by molar-refractivity contribution is 7.89. The van der Waals surface area contributed by atoms with Gasteiger partial charge in [0.2, 0.25) is 0 Å². The van der Waals surface area contributed by atoms with Crippen molar-refractivity contribution in [3.63, 3.8) is 0 Å². The highest BCUT2D eigenvalue weighted by Crippen LogP contribution is 2.45. The number of aromatic nitrogens is 3. The Balaban J connectivity index is 1.47. The van der Waals surface area contributed by atoms with Gasteiger partial charge < -0.3 is 24.1 Å². The number of anilines is 2. The summed E-state index contributed by atoms with van der Waals surface area (Å²) in [5, 5.41) is 0.567. The number of pyridine rings is 2. The number of sulfone groups is 1. The fraction of sp³-hybridized carbons (Fsp3) is 0.474. The second kappa shape index (κ2) is 16.4. The van der Waals surface area contributed by atoms with E-state index in [0.29, 0.717) is 52.7 Å². The molecular weight excluding hydrogens is 728 g/mol. The number of esters is 1. The van der Waals surface area contributed by atoms with Gasteiger partial charge in [0.1, 0.15) is 16.9 Å². The summed E-state index contributed by atoms with van der Waals surface area (Å²) in [6, 6.07) is 3.87. The van der Waals surface area contributed by atoms with Crippen LogP contribution in [0.1, 0.15) is 87.2 Å². The molecule has 0 saturated heterocycles. The molecule has 3 aromatic heterocycles. The van der Waals surface area contributed by atoms with E-state index in [1.807, 2.05) is 20.8 Å². The van der Waals surface area contributed by atoms with Crippen LogP contribution in [0.3, 0.4) is 0 Å². The third-order valence-corrected chi connectivity index (χ3v) is 10.0. The lowest BCUT2D eigenvalue weighted by molar-refractivity contribution is -0.154. The monoisotopic (exact) mass is 773 g/mol. The van der Waals surface area contributed by atoms with Crippen molar-refractivity contribution in [2.75, 3.05) is 30.1 Å². The number of amides is 1. The molecule has 286 valence electrons. The molecule has 53 heavy (non-hydrogen) atoms. The molecule has 0 atom stereocenters. The number of carbonyl (C=O) groups excluding carboxylic acids is 2. The average Bonchev–Trinajstić information content (AvgIpc) is 3.43. The van der Waals surface area contributed by atoms with E-state index in [0.717, 1.165) is 50.6 Å². The number of nitrogens with zero attached hydrogens (tertiary/aromatic N) is 4. The lowest BCUT2D eigenvalue weighted by Crippen LogP contribution is -2.34. The lowest BCUT2D eigenvalue weighted by Gasteiger charge is -2.28. The van der Waals surface area contributed by atoms with Crippen molar-refractivity contribution in [3.05, 3.63) is 75.5 Å². The highest BCUT2D eigenvalue weighted by atomic mass is 35.5. The minimum absolute atomic E-state index is 0.00490. The first-order valence-electron chi connectivity index (χ1n) is 17.7. The third-order valence-electron chi connectivity index (χ3n) is 9.03. The predicted octanol–water partition coefficient (Wildman–Crippen LogP) is 7.16. The van der Waals surface area contributed by atoms with Crippen molar-refractivity contribution in [3.8, 4) is 11.1 Å². The fourth-order valence-electron chi connectivity index (χ4n) is 6.75. The first-order chi connectivity index (χ1) is 25.0. The van der Waals surface area contributed by atoms with E-state index < -0.39 is 38.7 Å².